The maximum Gasteiger partial charge on any atom is 0.228 e. The van der Waals surface area contributed by atoms with Crippen molar-refractivity contribution in [2.45, 2.75) is 46.1 Å². The van der Waals surface area contributed by atoms with Crippen molar-refractivity contribution in [3.05, 3.63) is 29.8 Å². The van der Waals surface area contributed by atoms with Crippen LogP contribution in [0.25, 0.3) is 0 Å². The molecule has 21 heavy (non-hydrogen) atoms. The van der Waals surface area contributed by atoms with Crippen molar-refractivity contribution in [2.75, 3.05) is 5.32 Å². The number of hydrogen-bond acceptors (Lipinski definition) is 2. The number of anilines is 1. The molecule has 1 aromatic carbocycles. The highest BCUT2D eigenvalue weighted by molar-refractivity contribution is 5.99. The molecule has 0 aromatic heterocycles. The van der Waals surface area contributed by atoms with E-state index in [1.54, 1.807) is 0 Å². The summed E-state index contributed by atoms with van der Waals surface area (Å²) in [5.74, 6) is -0.375. The van der Waals surface area contributed by atoms with Gasteiger partial charge < -0.3 is 10.6 Å². The van der Waals surface area contributed by atoms with Crippen LogP contribution in [0.2, 0.25) is 0 Å². The van der Waals surface area contributed by atoms with Crippen molar-refractivity contribution in [3.8, 4) is 0 Å². The summed E-state index contributed by atoms with van der Waals surface area (Å²) in [6.45, 7) is 6.07. The average Bonchev–Trinajstić information content (AvgIpc) is 3.28. The molecule has 1 aliphatic carbocycles. The summed E-state index contributed by atoms with van der Waals surface area (Å²) in [6.07, 6.45) is 2.43. The van der Waals surface area contributed by atoms with E-state index < -0.39 is 0 Å². The van der Waals surface area contributed by atoms with Crippen LogP contribution >= 0.6 is 0 Å². The molecule has 4 heteroatoms. The van der Waals surface area contributed by atoms with Crippen LogP contribution in [0, 0.1) is 11.8 Å². The third kappa shape index (κ3) is 3.84. The van der Waals surface area contributed by atoms with E-state index in [2.05, 4.69) is 17.6 Å². The van der Waals surface area contributed by atoms with Gasteiger partial charge in [0.15, 0.2) is 0 Å². The Morgan fingerprint density at radius 2 is 1.86 bits per heavy atom. The number of carbonyl (C=O) groups is 2. The lowest BCUT2D eigenvalue weighted by molar-refractivity contribution is -0.125. The molecule has 0 radical (unpaired) electrons. The lowest BCUT2D eigenvalue weighted by atomic mass is 10.1. The van der Waals surface area contributed by atoms with E-state index in [1.165, 1.54) is 0 Å². The van der Waals surface area contributed by atoms with E-state index in [1.807, 2.05) is 38.1 Å². The molecule has 3 unspecified atom stereocenters. The summed E-state index contributed by atoms with van der Waals surface area (Å²) in [4.78, 5) is 24.2. The number of amides is 2. The molecule has 1 saturated carbocycles. The lowest BCUT2D eigenvalue weighted by Gasteiger charge is -2.12. The van der Waals surface area contributed by atoms with Gasteiger partial charge in [0.2, 0.25) is 11.8 Å². The maximum atomic E-state index is 12.2. The number of carbonyl (C=O) groups excluding carboxylic acids is 2. The predicted octanol–water partition coefficient (Wildman–Crippen LogP) is 2.74. The van der Waals surface area contributed by atoms with Gasteiger partial charge in [-0.1, -0.05) is 32.0 Å². The fraction of sp³-hybridized carbons (Fsp3) is 0.529. The summed E-state index contributed by atoms with van der Waals surface area (Å²) in [6, 6.07) is 7.97. The number of benzene rings is 1. The lowest BCUT2D eigenvalue weighted by Crippen LogP contribution is -2.34. The van der Waals surface area contributed by atoms with E-state index in [0.29, 0.717) is 6.42 Å². The van der Waals surface area contributed by atoms with Crippen LogP contribution < -0.4 is 10.6 Å². The third-order valence-corrected chi connectivity index (χ3v) is 4.12. The van der Waals surface area contributed by atoms with Gasteiger partial charge in [-0.3, -0.25) is 9.59 Å². The van der Waals surface area contributed by atoms with Crippen molar-refractivity contribution in [2.24, 2.45) is 11.8 Å². The van der Waals surface area contributed by atoms with Crippen LogP contribution in [-0.2, 0) is 16.0 Å². The molecule has 1 aromatic rings. The molecule has 1 aliphatic rings. The Bertz CT molecular complexity index is 527. The summed E-state index contributed by atoms with van der Waals surface area (Å²) in [5.41, 5.74) is 1.98. The number of para-hydroxylation sites is 1. The van der Waals surface area contributed by atoms with Crippen molar-refractivity contribution < 1.29 is 9.59 Å². The Hall–Kier alpha value is -1.84. The van der Waals surface area contributed by atoms with Crippen molar-refractivity contribution in [1.29, 1.82) is 0 Å². The number of aryl methyl sites for hydroxylation is 1. The first-order valence-electron chi connectivity index (χ1n) is 7.75. The van der Waals surface area contributed by atoms with Gasteiger partial charge in [-0.15, -0.1) is 0 Å². The van der Waals surface area contributed by atoms with Gasteiger partial charge in [0.1, 0.15) is 0 Å². The summed E-state index contributed by atoms with van der Waals surface area (Å²) >= 11 is 0. The molecule has 0 heterocycles. The predicted molar refractivity (Wildman–Crippen MR) is 83.9 cm³/mol. The van der Waals surface area contributed by atoms with E-state index >= 15 is 0 Å². The second kappa shape index (κ2) is 6.74. The number of nitrogens with one attached hydrogen (secondary N) is 2. The second-order valence-corrected chi connectivity index (χ2v) is 5.77. The summed E-state index contributed by atoms with van der Waals surface area (Å²) in [7, 11) is 0. The highest BCUT2D eigenvalue weighted by Crippen LogP contribution is 2.39. The standard InChI is InChI=1S/C17H24N2O2/c1-4-11(3)18-16(20)13-10-14(13)17(21)19-15-9-7-6-8-12(15)5-2/h6-9,11,13-14H,4-5,10H2,1-3H3,(H,18,20)(H,19,21). The molecule has 0 spiro atoms. The molecule has 0 bridgehead atoms. The quantitative estimate of drug-likeness (QED) is 0.845. The average molecular weight is 288 g/mol. The first-order valence-corrected chi connectivity index (χ1v) is 7.75. The summed E-state index contributed by atoms with van der Waals surface area (Å²) < 4.78 is 0. The van der Waals surface area contributed by atoms with Gasteiger partial charge in [0.25, 0.3) is 0 Å². The number of hydrogen-bond donors (Lipinski definition) is 2. The first kappa shape index (κ1) is 15.5. The molecule has 4 nitrogen and oxygen atoms in total. The maximum absolute atomic E-state index is 12.2. The molecule has 2 N–H and O–H groups in total. The zero-order valence-corrected chi connectivity index (χ0v) is 13.0. The Kier molecular flexibility index (Phi) is 4.99. The van der Waals surface area contributed by atoms with Crippen LogP contribution in [0.15, 0.2) is 24.3 Å². The molecule has 0 saturated heterocycles. The summed E-state index contributed by atoms with van der Waals surface area (Å²) in [5, 5.41) is 5.90. The second-order valence-electron chi connectivity index (χ2n) is 5.77. The third-order valence-electron chi connectivity index (χ3n) is 4.12. The monoisotopic (exact) mass is 288 g/mol. The van der Waals surface area contributed by atoms with E-state index in [4.69, 9.17) is 0 Å². The van der Waals surface area contributed by atoms with E-state index in [9.17, 15) is 9.59 Å². The van der Waals surface area contributed by atoms with Gasteiger partial charge >= 0.3 is 0 Å². The Labute approximate surface area is 126 Å². The molecular weight excluding hydrogens is 264 g/mol. The first-order chi connectivity index (χ1) is 10.1. The molecule has 0 aliphatic heterocycles. The highest BCUT2D eigenvalue weighted by Gasteiger charge is 2.48. The molecule has 1 fully saturated rings. The normalized spacial score (nSPS) is 21.5. The zero-order chi connectivity index (χ0) is 15.4. The Morgan fingerprint density at radius 3 is 2.52 bits per heavy atom. The molecule has 2 rings (SSSR count). The fourth-order valence-corrected chi connectivity index (χ4v) is 2.40. The largest absolute Gasteiger partial charge is 0.353 e. The smallest absolute Gasteiger partial charge is 0.228 e. The van der Waals surface area contributed by atoms with Gasteiger partial charge in [-0.2, -0.15) is 0 Å². The minimum Gasteiger partial charge on any atom is -0.353 e. The van der Waals surface area contributed by atoms with E-state index in [0.717, 1.165) is 24.1 Å². The van der Waals surface area contributed by atoms with Crippen LogP contribution in [0.5, 0.6) is 0 Å². The van der Waals surface area contributed by atoms with Crippen molar-refractivity contribution in [1.82, 2.24) is 5.32 Å². The Morgan fingerprint density at radius 1 is 1.19 bits per heavy atom. The van der Waals surface area contributed by atoms with Crippen molar-refractivity contribution >= 4 is 17.5 Å². The molecule has 3 atom stereocenters. The SMILES string of the molecule is CCc1ccccc1NC(=O)C1CC1C(=O)NC(C)CC. The van der Waals surface area contributed by atoms with Crippen LogP contribution in [-0.4, -0.2) is 17.9 Å². The van der Waals surface area contributed by atoms with Gasteiger partial charge in [0, 0.05) is 11.7 Å². The van der Waals surface area contributed by atoms with Crippen LogP contribution in [0.3, 0.4) is 0 Å². The van der Waals surface area contributed by atoms with Gasteiger partial charge in [-0.05, 0) is 37.8 Å². The van der Waals surface area contributed by atoms with Crippen LogP contribution in [0.1, 0.15) is 39.2 Å². The minimum absolute atomic E-state index is 0.00766. The van der Waals surface area contributed by atoms with Gasteiger partial charge in [0.05, 0.1) is 11.8 Å². The molecular formula is C17H24N2O2. The van der Waals surface area contributed by atoms with Crippen LogP contribution in [0.4, 0.5) is 5.69 Å². The number of rotatable bonds is 6. The topological polar surface area (TPSA) is 58.2 Å². The zero-order valence-electron chi connectivity index (χ0n) is 13.0. The van der Waals surface area contributed by atoms with E-state index in [-0.39, 0.29) is 29.7 Å². The fourth-order valence-electron chi connectivity index (χ4n) is 2.40. The minimum atomic E-state index is -0.182. The van der Waals surface area contributed by atoms with Crippen molar-refractivity contribution in [3.63, 3.8) is 0 Å². The Balaban J connectivity index is 1.90. The van der Waals surface area contributed by atoms with Gasteiger partial charge in [-0.25, -0.2) is 0 Å². The highest BCUT2D eigenvalue weighted by atomic mass is 16.2. The molecule has 2 amide bonds. The molecule has 114 valence electrons.